The Kier molecular flexibility index (Phi) is 5.34. The van der Waals surface area contributed by atoms with Crippen molar-refractivity contribution in [3.8, 4) is 0 Å². The first-order valence-corrected chi connectivity index (χ1v) is 7.55. The summed E-state index contributed by atoms with van der Waals surface area (Å²) in [5.41, 5.74) is -0.496. The molecule has 25 heavy (non-hydrogen) atoms. The van der Waals surface area contributed by atoms with Crippen molar-refractivity contribution in [1.82, 2.24) is 10.2 Å². The van der Waals surface area contributed by atoms with Crippen molar-refractivity contribution in [1.29, 1.82) is 0 Å². The van der Waals surface area contributed by atoms with E-state index in [2.05, 4.69) is 5.32 Å². The van der Waals surface area contributed by atoms with Gasteiger partial charge < -0.3 is 15.3 Å². The van der Waals surface area contributed by atoms with Gasteiger partial charge in [0.25, 0.3) is 0 Å². The SMILES string of the molecule is CC(NC(=O)C1CC(=O)N(Cc2cccc(C(F)(F)F)c2)C1)C(=O)O. The fourth-order valence-electron chi connectivity index (χ4n) is 2.56. The molecule has 2 unspecified atom stereocenters. The van der Waals surface area contributed by atoms with Gasteiger partial charge in [0, 0.05) is 19.5 Å². The average molecular weight is 358 g/mol. The number of carbonyl (C=O) groups excluding carboxylic acids is 2. The van der Waals surface area contributed by atoms with Gasteiger partial charge >= 0.3 is 12.1 Å². The standard InChI is InChI=1S/C16H17F3N2O4/c1-9(15(24)25)20-14(23)11-6-13(22)21(8-11)7-10-3-2-4-12(5-10)16(17,18)19/h2-5,9,11H,6-8H2,1H3,(H,20,23)(H,24,25). The van der Waals surface area contributed by atoms with Gasteiger partial charge in [0.2, 0.25) is 11.8 Å². The molecule has 136 valence electrons. The van der Waals surface area contributed by atoms with Crippen LogP contribution in [-0.2, 0) is 27.1 Å². The van der Waals surface area contributed by atoms with Crippen molar-refractivity contribution in [3.63, 3.8) is 0 Å². The van der Waals surface area contributed by atoms with Crippen LogP contribution in [0.25, 0.3) is 0 Å². The van der Waals surface area contributed by atoms with E-state index in [1.807, 2.05) is 0 Å². The number of carbonyl (C=O) groups is 3. The molecule has 2 rings (SSSR count). The number of hydrogen-bond donors (Lipinski definition) is 2. The molecule has 0 radical (unpaired) electrons. The Balaban J connectivity index is 2.02. The maximum absolute atomic E-state index is 12.7. The summed E-state index contributed by atoms with van der Waals surface area (Å²) in [6, 6.07) is 3.56. The van der Waals surface area contributed by atoms with E-state index in [1.165, 1.54) is 24.0 Å². The van der Waals surface area contributed by atoms with E-state index >= 15 is 0 Å². The van der Waals surface area contributed by atoms with Gasteiger partial charge in [0.15, 0.2) is 0 Å². The Bertz CT molecular complexity index is 690. The lowest BCUT2D eigenvalue weighted by Gasteiger charge is -2.18. The Labute approximate surface area is 141 Å². The van der Waals surface area contributed by atoms with E-state index in [1.54, 1.807) is 0 Å². The van der Waals surface area contributed by atoms with E-state index in [4.69, 9.17) is 5.11 Å². The number of carboxylic acids is 1. The third-order valence-electron chi connectivity index (χ3n) is 3.94. The lowest BCUT2D eigenvalue weighted by atomic mass is 10.1. The molecular weight excluding hydrogens is 341 g/mol. The zero-order valence-corrected chi connectivity index (χ0v) is 13.3. The van der Waals surface area contributed by atoms with Crippen LogP contribution in [0, 0.1) is 5.92 Å². The van der Waals surface area contributed by atoms with Crippen molar-refractivity contribution >= 4 is 17.8 Å². The fourth-order valence-corrected chi connectivity index (χ4v) is 2.56. The first kappa shape index (κ1) is 18.8. The number of likely N-dealkylation sites (tertiary alicyclic amines) is 1. The number of nitrogens with zero attached hydrogens (tertiary/aromatic N) is 1. The van der Waals surface area contributed by atoms with Crippen molar-refractivity contribution in [3.05, 3.63) is 35.4 Å². The van der Waals surface area contributed by atoms with Gasteiger partial charge in [-0.25, -0.2) is 0 Å². The fraction of sp³-hybridized carbons (Fsp3) is 0.438. The molecule has 0 bridgehead atoms. The quantitative estimate of drug-likeness (QED) is 0.838. The molecule has 2 atom stereocenters. The molecule has 6 nitrogen and oxygen atoms in total. The maximum Gasteiger partial charge on any atom is 0.416 e. The molecule has 1 heterocycles. The number of rotatable bonds is 5. The topological polar surface area (TPSA) is 86.7 Å². The number of halogens is 3. The third-order valence-corrected chi connectivity index (χ3v) is 3.94. The smallest absolute Gasteiger partial charge is 0.416 e. The zero-order chi connectivity index (χ0) is 18.8. The van der Waals surface area contributed by atoms with Crippen LogP contribution < -0.4 is 5.32 Å². The van der Waals surface area contributed by atoms with Gasteiger partial charge in [-0.15, -0.1) is 0 Å². The Morgan fingerprint density at radius 3 is 2.68 bits per heavy atom. The van der Waals surface area contributed by atoms with Gasteiger partial charge in [-0.1, -0.05) is 12.1 Å². The molecule has 0 spiro atoms. The first-order chi connectivity index (χ1) is 11.6. The van der Waals surface area contributed by atoms with Crippen molar-refractivity contribution in [2.24, 2.45) is 5.92 Å². The molecule has 9 heteroatoms. The van der Waals surface area contributed by atoms with Crippen LogP contribution in [0.2, 0.25) is 0 Å². The normalized spacial score (nSPS) is 19.0. The number of nitrogens with one attached hydrogen (secondary N) is 1. The van der Waals surface area contributed by atoms with Gasteiger partial charge in [0.1, 0.15) is 6.04 Å². The minimum atomic E-state index is -4.47. The molecule has 1 aliphatic rings. The van der Waals surface area contributed by atoms with E-state index in [9.17, 15) is 27.6 Å². The molecule has 2 amide bonds. The van der Waals surface area contributed by atoms with Crippen molar-refractivity contribution in [2.45, 2.75) is 32.1 Å². The number of hydrogen-bond acceptors (Lipinski definition) is 3. The second-order valence-corrected chi connectivity index (χ2v) is 5.94. The van der Waals surface area contributed by atoms with E-state index in [0.29, 0.717) is 5.56 Å². The number of aliphatic carboxylic acids is 1. The molecule has 1 aromatic rings. The van der Waals surface area contributed by atoms with Gasteiger partial charge in [-0.3, -0.25) is 14.4 Å². The molecule has 1 aliphatic heterocycles. The number of amides is 2. The predicted octanol–water partition coefficient (Wildman–Crippen LogP) is 1.64. The molecule has 0 aromatic heterocycles. The van der Waals surface area contributed by atoms with Crippen LogP contribution in [0.4, 0.5) is 13.2 Å². The highest BCUT2D eigenvalue weighted by atomic mass is 19.4. The second-order valence-electron chi connectivity index (χ2n) is 5.94. The lowest BCUT2D eigenvalue weighted by molar-refractivity contribution is -0.141. The minimum absolute atomic E-state index is 0.0350. The van der Waals surface area contributed by atoms with Crippen LogP contribution in [-0.4, -0.2) is 40.4 Å². The molecule has 1 aromatic carbocycles. The minimum Gasteiger partial charge on any atom is -0.480 e. The van der Waals surface area contributed by atoms with E-state index in [0.717, 1.165) is 12.1 Å². The molecule has 0 aliphatic carbocycles. The zero-order valence-electron chi connectivity index (χ0n) is 13.3. The highest BCUT2D eigenvalue weighted by Gasteiger charge is 2.36. The second kappa shape index (κ2) is 7.12. The van der Waals surface area contributed by atoms with Crippen LogP contribution in [0.15, 0.2) is 24.3 Å². The van der Waals surface area contributed by atoms with Crippen LogP contribution in [0.3, 0.4) is 0 Å². The van der Waals surface area contributed by atoms with Crippen molar-refractivity contribution in [2.75, 3.05) is 6.54 Å². The molecule has 2 N–H and O–H groups in total. The summed E-state index contributed by atoms with van der Waals surface area (Å²) in [6.45, 7) is 1.30. The number of alkyl halides is 3. The number of benzene rings is 1. The molecule has 0 saturated carbocycles. The predicted molar refractivity (Wildman–Crippen MR) is 80.2 cm³/mol. The molecule has 1 fully saturated rings. The molecular formula is C16H17F3N2O4. The van der Waals surface area contributed by atoms with Crippen LogP contribution in [0.1, 0.15) is 24.5 Å². The highest BCUT2D eigenvalue weighted by molar-refractivity contribution is 5.91. The lowest BCUT2D eigenvalue weighted by Crippen LogP contribution is -2.42. The Morgan fingerprint density at radius 1 is 1.40 bits per heavy atom. The van der Waals surface area contributed by atoms with Gasteiger partial charge in [-0.2, -0.15) is 13.2 Å². The largest absolute Gasteiger partial charge is 0.480 e. The average Bonchev–Trinajstić information content (AvgIpc) is 2.87. The first-order valence-electron chi connectivity index (χ1n) is 7.55. The summed E-state index contributed by atoms with van der Waals surface area (Å²) >= 11 is 0. The number of carboxylic acid groups (broad SMARTS) is 1. The summed E-state index contributed by atoms with van der Waals surface area (Å²) in [4.78, 5) is 36.0. The monoisotopic (exact) mass is 358 g/mol. The summed E-state index contributed by atoms with van der Waals surface area (Å²) in [7, 11) is 0. The third kappa shape index (κ3) is 4.71. The summed E-state index contributed by atoms with van der Waals surface area (Å²) in [5, 5.41) is 11.1. The van der Waals surface area contributed by atoms with Crippen LogP contribution >= 0.6 is 0 Å². The van der Waals surface area contributed by atoms with E-state index < -0.39 is 35.6 Å². The highest BCUT2D eigenvalue weighted by Crippen LogP contribution is 2.30. The van der Waals surface area contributed by atoms with Crippen molar-refractivity contribution < 1.29 is 32.7 Å². The van der Waals surface area contributed by atoms with Crippen LogP contribution in [0.5, 0.6) is 0 Å². The van der Waals surface area contributed by atoms with Gasteiger partial charge in [0.05, 0.1) is 11.5 Å². The Hall–Kier alpha value is -2.58. The summed E-state index contributed by atoms with van der Waals surface area (Å²) < 4.78 is 38.2. The van der Waals surface area contributed by atoms with E-state index in [-0.39, 0.29) is 25.4 Å². The summed E-state index contributed by atoms with van der Waals surface area (Å²) in [6.07, 6.45) is -4.57. The van der Waals surface area contributed by atoms with Gasteiger partial charge in [-0.05, 0) is 24.6 Å². The summed E-state index contributed by atoms with van der Waals surface area (Å²) in [5.74, 6) is -2.84. The molecule has 1 saturated heterocycles. The maximum atomic E-state index is 12.7. The Morgan fingerprint density at radius 2 is 2.08 bits per heavy atom.